The van der Waals surface area contributed by atoms with E-state index in [-0.39, 0.29) is 11.5 Å². The molecular weight excluding hydrogens is 266 g/mol. The average molecular weight is 279 g/mol. The summed E-state index contributed by atoms with van der Waals surface area (Å²) in [6.07, 6.45) is 0. The molecule has 0 saturated heterocycles. The third-order valence-corrected chi connectivity index (χ3v) is 3.57. The van der Waals surface area contributed by atoms with Gasteiger partial charge >= 0.3 is 5.97 Å². The number of carboxylic acids is 1. The van der Waals surface area contributed by atoms with Crippen LogP contribution < -0.4 is 0 Å². The lowest BCUT2D eigenvalue weighted by atomic mass is 10.0. The Morgan fingerprint density at radius 1 is 1.00 bits per heavy atom. The average Bonchev–Trinajstić information content (AvgIpc) is 2.84. The first-order valence-corrected chi connectivity index (χ1v) is 6.53. The van der Waals surface area contributed by atoms with Gasteiger partial charge < -0.3 is 10.1 Å². The van der Waals surface area contributed by atoms with Gasteiger partial charge in [-0.2, -0.15) is 0 Å². The van der Waals surface area contributed by atoms with E-state index >= 15 is 0 Å². The maximum absolute atomic E-state index is 12.4. The molecule has 1 heterocycles. The zero-order valence-electron chi connectivity index (χ0n) is 11.4. The normalized spacial score (nSPS) is 10.7. The molecule has 0 spiro atoms. The van der Waals surface area contributed by atoms with Crippen LogP contribution in [0, 0.1) is 6.92 Å². The number of hydrogen-bond acceptors (Lipinski definition) is 2. The van der Waals surface area contributed by atoms with Crippen molar-refractivity contribution in [3.8, 4) is 0 Å². The Morgan fingerprint density at radius 3 is 2.38 bits per heavy atom. The number of carboxylic acid groups (broad SMARTS) is 1. The minimum atomic E-state index is -1.00. The van der Waals surface area contributed by atoms with E-state index in [9.17, 15) is 9.59 Å². The molecule has 0 aliphatic rings. The number of ketones is 1. The molecule has 3 aromatic rings. The second-order valence-electron chi connectivity index (χ2n) is 4.89. The van der Waals surface area contributed by atoms with E-state index in [0.29, 0.717) is 16.7 Å². The number of hydrogen-bond donors (Lipinski definition) is 2. The maximum atomic E-state index is 12.4. The number of carbonyl (C=O) groups excluding carboxylic acids is 1. The highest BCUT2D eigenvalue weighted by atomic mass is 16.4. The zero-order chi connectivity index (χ0) is 15.0. The van der Waals surface area contributed by atoms with Crippen molar-refractivity contribution >= 4 is 22.7 Å². The van der Waals surface area contributed by atoms with E-state index in [2.05, 4.69) is 4.98 Å². The van der Waals surface area contributed by atoms with Crippen molar-refractivity contribution in [1.29, 1.82) is 0 Å². The van der Waals surface area contributed by atoms with Gasteiger partial charge in [-0.15, -0.1) is 0 Å². The number of aromatic amines is 1. The predicted molar refractivity (Wildman–Crippen MR) is 79.9 cm³/mol. The van der Waals surface area contributed by atoms with Crippen molar-refractivity contribution in [2.75, 3.05) is 0 Å². The minimum Gasteiger partial charge on any atom is -0.477 e. The van der Waals surface area contributed by atoms with Crippen molar-refractivity contribution in [3.05, 3.63) is 70.9 Å². The summed E-state index contributed by atoms with van der Waals surface area (Å²) in [6, 6.07) is 14.2. The SMILES string of the molecule is Cc1c(C(=O)O)[nH]c2ccc(C(=O)c3ccccc3)cc12. The van der Waals surface area contributed by atoms with Crippen LogP contribution in [0.5, 0.6) is 0 Å². The molecule has 0 fully saturated rings. The highest BCUT2D eigenvalue weighted by Gasteiger charge is 2.15. The third-order valence-electron chi connectivity index (χ3n) is 3.57. The molecule has 3 rings (SSSR count). The summed E-state index contributed by atoms with van der Waals surface area (Å²) in [5, 5.41) is 9.88. The van der Waals surface area contributed by atoms with Crippen LogP contribution in [0.3, 0.4) is 0 Å². The van der Waals surface area contributed by atoms with Crippen molar-refractivity contribution in [1.82, 2.24) is 4.98 Å². The molecule has 0 bridgehead atoms. The molecule has 4 heteroatoms. The lowest BCUT2D eigenvalue weighted by Crippen LogP contribution is -2.00. The van der Waals surface area contributed by atoms with Gasteiger partial charge in [-0.05, 0) is 30.7 Å². The number of nitrogens with one attached hydrogen (secondary N) is 1. The van der Waals surface area contributed by atoms with Gasteiger partial charge in [0.1, 0.15) is 5.69 Å². The van der Waals surface area contributed by atoms with Crippen molar-refractivity contribution in [2.24, 2.45) is 0 Å². The second-order valence-corrected chi connectivity index (χ2v) is 4.89. The van der Waals surface area contributed by atoms with Crippen molar-refractivity contribution in [2.45, 2.75) is 6.92 Å². The molecule has 4 nitrogen and oxygen atoms in total. The van der Waals surface area contributed by atoms with Crippen LogP contribution >= 0.6 is 0 Å². The molecule has 0 unspecified atom stereocenters. The Bertz CT molecular complexity index is 847. The lowest BCUT2D eigenvalue weighted by Gasteiger charge is -2.01. The molecule has 0 radical (unpaired) electrons. The fourth-order valence-corrected chi connectivity index (χ4v) is 2.44. The Hall–Kier alpha value is -2.88. The largest absolute Gasteiger partial charge is 0.477 e. The molecule has 0 aliphatic heterocycles. The van der Waals surface area contributed by atoms with Gasteiger partial charge in [0.2, 0.25) is 0 Å². The van der Waals surface area contributed by atoms with Gasteiger partial charge in [-0.3, -0.25) is 4.79 Å². The highest BCUT2D eigenvalue weighted by Crippen LogP contribution is 2.24. The van der Waals surface area contributed by atoms with Crippen molar-refractivity contribution in [3.63, 3.8) is 0 Å². The van der Waals surface area contributed by atoms with Crippen LogP contribution in [0.25, 0.3) is 10.9 Å². The van der Waals surface area contributed by atoms with E-state index in [1.807, 2.05) is 18.2 Å². The van der Waals surface area contributed by atoms with Crippen LogP contribution in [-0.4, -0.2) is 21.8 Å². The summed E-state index contributed by atoms with van der Waals surface area (Å²) in [5.74, 6) is -1.07. The van der Waals surface area contributed by atoms with E-state index in [0.717, 1.165) is 10.9 Å². The molecule has 21 heavy (non-hydrogen) atoms. The number of carbonyl (C=O) groups is 2. The summed E-state index contributed by atoms with van der Waals surface area (Å²) in [6.45, 7) is 1.74. The van der Waals surface area contributed by atoms with Gasteiger partial charge in [-0.1, -0.05) is 30.3 Å². The quantitative estimate of drug-likeness (QED) is 0.722. The van der Waals surface area contributed by atoms with E-state index in [1.54, 1.807) is 37.3 Å². The van der Waals surface area contributed by atoms with Gasteiger partial charge in [0, 0.05) is 22.0 Å². The first-order chi connectivity index (χ1) is 10.1. The van der Waals surface area contributed by atoms with Crippen LogP contribution in [0.15, 0.2) is 48.5 Å². The van der Waals surface area contributed by atoms with Gasteiger partial charge in [0.05, 0.1) is 0 Å². The molecule has 1 aromatic heterocycles. The van der Waals surface area contributed by atoms with Crippen LogP contribution in [-0.2, 0) is 0 Å². The standard InChI is InChI=1S/C17H13NO3/c1-10-13-9-12(16(19)11-5-3-2-4-6-11)7-8-14(13)18-15(10)17(20)21/h2-9,18H,1H3,(H,20,21). The minimum absolute atomic E-state index is 0.0741. The fraction of sp³-hybridized carbons (Fsp3) is 0.0588. The van der Waals surface area contributed by atoms with Gasteiger partial charge in [0.25, 0.3) is 0 Å². The molecule has 2 N–H and O–H groups in total. The monoisotopic (exact) mass is 279 g/mol. The number of H-pyrrole nitrogens is 1. The molecule has 0 amide bonds. The Kier molecular flexibility index (Phi) is 3.06. The summed E-state index contributed by atoms with van der Waals surface area (Å²) in [7, 11) is 0. The Morgan fingerprint density at radius 2 is 1.71 bits per heavy atom. The number of aromatic nitrogens is 1. The topological polar surface area (TPSA) is 70.2 Å². The van der Waals surface area contributed by atoms with E-state index < -0.39 is 5.97 Å². The van der Waals surface area contributed by atoms with Crippen LogP contribution in [0.1, 0.15) is 32.0 Å². The van der Waals surface area contributed by atoms with Gasteiger partial charge in [0.15, 0.2) is 5.78 Å². The molecule has 104 valence electrons. The van der Waals surface area contributed by atoms with E-state index in [4.69, 9.17) is 5.11 Å². The van der Waals surface area contributed by atoms with E-state index in [1.165, 1.54) is 0 Å². The Balaban J connectivity index is 2.11. The lowest BCUT2D eigenvalue weighted by molar-refractivity contribution is 0.0690. The van der Waals surface area contributed by atoms with Crippen LogP contribution in [0.2, 0.25) is 0 Å². The highest BCUT2D eigenvalue weighted by molar-refractivity contribution is 6.11. The molecule has 0 atom stereocenters. The smallest absolute Gasteiger partial charge is 0.352 e. The number of fused-ring (bicyclic) bond motifs is 1. The first kappa shape index (κ1) is 13.1. The van der Waals surface area contributed by atoms with Crippen molar-refractivity contribution < 1.29 is 14.7 Å². The Labute approximate surface area is 121 Å². The molecule has 2 aromatic carbocycles. The summed E-state index contributed by atoms with van der Waals surface area (Å²) in [5.41, 5.74) is 2.68. The summed E-state index contributed by atoms with van der Waals surface area (Å²) >= 11 is 0. The zero-order valence-corrected chi connectivity index (χ0v) is 11.4. The molecular formula is C17H13NO3. The maximum Gasteiger partial charge on any atom is 0.352 e. The summed E-state index contributed by atoms with van der Waals surface area (Å²) in [4.78, 5) is 26.4. The summed E-state index contributed by atoms with van der Waals surface area (Å²) < 4.78 is 0. The van der Waals surface area contributed by atoms with Gasteiger partial charge in [-0.25, -0.2) is 4.79 Å². The van der Waals surface area contributed by atoms with Crippen LogP contribution in [0.4, 0.5) is 0 Å². The molecule has 0 aliphatic carbocycles. The molecule has 0 saturated carbocycles. The first-order valence-electron chi connectivity index (χ1n) is 6.53. The number of benzene rings is 2. The third kappa shape index (κ3) is 2.21. The second kappa shape index (κ2) is 4.90. The number of aryl methyl sites for hydroxylation is 1. The fourth-order valence-electron chi connectivity index (χ4n) is 2.44. The number of aromatic carboxylic acids is 1. The number of rotatable bonds is 3. The predicted octanol–water partition coefficient (Wildman–Crippen LogP) is 3.41.